The summed E-state index contributed by atoms with van der Waals surface area (Å²) in [5.41, 5.74) is 0. The van der Waals surface area contributed by atoms with Gasteiger partial charge in [0.25, 0.3) is 5.97 Å². The van der Waals surface area contributed by atoms with Crippen LogP contribution in [0.1, 0.15) is 39.0 Å². The molecule has 0 aromatic heterocycles. The molecule has 0 heterocycles. The minimum atomic E-state index is -1.74. The first kappa shape index (κ1) is 14.7. The Bertz CT molecular complexity index is 186. The fourth-order valence-corrected chi connectivity index (χ4v) is 1.71. The SMILES string of the molecule is CCCCCCC(=O)OB[Si](C)(C)OC. The Balaban J connectivity index is 3.49. The van der Waals surface area contributed by atoms with Crippen LogP contribution in [0.4, 0.5) is 0 Å². The van der Waals surface area contributed by atoms with Crippen LogP contribution in [0, 0.1) is 0 Å². The molecule has 0 aromatic rings. The third kappa shape index (κ3) is 8.69. The van der Waals surface area contributed by atoms with Gasteiger partial charge in [0.15, 0.2) is 0 Å². The molecule has 0 atom stereocenters. The molecule has 0 saturated carbocycles. The third-order valence-corrected chi connectivity index (χ3v) is 4.31. The normalized spacial score (nSPS) is 11.2. The summed E-state index contributed by atoms with van der Waals surface area (Å²) >= 11 is 0. The lowest BCUT2D eigenvalue weighted by atomic mass is 10.1. The average molecular weight is 230 g/mol. The number of rotatable bonds is 8. The van der Waals surface area contributed by atoms with Crippen LogP contribution in [0.5, 0.6) is 0 Å². The van der Waals surface area contributed by atoms with Crippen molar-refractivity contribution in [3.63, 3.8) is 0 Å². The van der Waals surface area contributed by atoms with Crippen LogP contribution in [-0.2, 0) is 13.9 Å². The molecule has 0 saturated heterocycles. The quantitative estimate of drug-likeness (QED) is 0.473. The molecular formula is C10H23BO3Si. The van der Waals surface area contributed by atoms with Crippen molar-refractivity contribution < 1.29 is 13.9 Å². The molecule has 0 amide bonds. The minimum Gasteiger partial charge on any atom is -0.540 e. The Kier molecular flexibility index (Phi) is 7.78. The van der Waals surface area contributed by atoms with Gasteiger partial charge in [-0.15, -0.1) is 0 Å². The van der Waals surface area contributed by atoms with E-state index in [2.05, 4.69) is 6.92 Å². The second kappa shape index (κ2) is 7.93. The third-order valence-electron chi connectivity index (χ3n) is 2.37. The first-order valence-corrected chi connectivity index (χ1v) is 8.84. The molecule has 0 aliphatic heterocycles. The summed E-state index contributed by atoms with van der Waals surface area (Å²) in [7, 11) is 0.413. The molecule has 0 unspecified atom stereocenters. The number of hydrogen-bond acceptors (Lipinski definition) is 3. The Morgan fingerprint density at radius 3 is 2.47 bits per heavy atom. The Labute approximate surface area is 94.9 Å². The molecule has 0 aliphatic carbocycles. The minimum absolute atomic E-state index is 0.0799. The van der Waals surface area contributed by atoms with E-state index in [0.29, 0.717) is 13.5 Å². The summed E-state index contributed by atoms with van der Waals surface area (Å²) in [4.78, 5) is 11.3. The maximum atomic E-state index is 11.3. The van der Waals surface area contributed by atoms with E-state index >= 15 is 0 Å². The molecule has 0 rings (SSSR count). The van der Waals surface area contributed by atoms with Gasteiger partial charge in [-0.05, 0) is 19.5 Å². The van der Waals surface area contributed by atoms with Gasteiger partial charge in [-0.2, -0.15) is 0 Å². The Morgan fingerprint density at radius 1 is 1.27 bits per heavy atom. The lowest BCUT2D eigenvalue weighted by molar-refractivity contribution is -0.134. The van der Waals surface area contributed by atoms with E-state index in [4.69, 9.17) is 9.08 Å². The van der Waals surface area contributed by atoms with Gasteiger partial charge in [0, 0.05) is 13.5 Å². The summed E-state index contributed by atoms with van der Waals surface area (Å²) in [6, 6.07) is 0. The van der Waals surface area contributed by atoms with Crippen molar-refractivity contribution in [2.75, 3.05) is 7.11 Å². The Hall–Kier alpha value is -0.288. The monoisotopic (exact) mass is 230 g/mol. The van der Waals surface area contributed by atoms with E-state index in [1.165, 1.54) is 12.8 Å². The van der Waals surface area contributed by atoms with Gasteiger partial charge >= 0.3 is 7.07 Å². The summed E-state index contributed by atoms with van der Waals surface area (Å²) < 4.78 is 10.5. The summed E-state index contributed by atoms with van der Waals surface area (Å²) in [5.74, 6) is -0.0799. The zero-order valence-electron chi connectivity index (χ0n) is 10.5. The van der Waals surface area contributed by atoms with E-state index < -0.39 is 8.19 Å². The van der Waals surface area contributed by atoms with Crippen LogP contribution in [-0.4, -0.2) is 28.3 Å². The van der Waals surface area contributed by atoms with E-state index in [-0.39, 0.29) is 5.97 Å². The van der Waals surface area contributed by atoms with Gasteiger partial charge in [-0.25, -0.2) is 0 Å². The molecule has 0 aliphatic rings. The van der Waals surface area contributed by atoms with Gasteiger partial charge in [0.2, 0.25) is 8.19 Å². The highest BCUT2D eigenvalue weighted by Crippen LogP contribution is 2.05. The first-order chi connectivity index (χ1) is 7.02. The fourth-order valence-electron chi connectivity index (χ4n) is 1.08. The van der Waals surface area contributed by atoms with Gasteiger partial charge in [-0.3, -0.25) is 4.79 Å². The molecular weight excluding hydrogens is 207 g/mol. The van der Waals surface area contributed by atoms with Crippen molar-refractivity contribution in [3.8, 4) is 0 Å². The van der Waals surface area contributed by atoms with Crippen molar-refractivity contribution in [2.24, 2.45) is 0 Å². The average Bonchev–Trinajstić information content (AvgIpc) is 2.22. The lowest BCUT2D eigenvalue weighted by Crippen LogP contribution is -2.40. The van der Waals surface area contributed by atoms with Crippen LogP contribution >= 0.6 is 0 Å². The van der Waals surface area contributed by atoms with Crippen molar-refractivity contribution in [3.05, 3.63) is 0 Å². The molecule has 0 fully saturated rings. The number of carbonyl (C=O) groups is 1. The van der Waals surface area contributed by atoms with Crippen molar-refractivity contribution >= 4 is 21.2 Å². The van der Waals surface area contributed by atoms with Gasteiger partial charge in [-0.1, -0.05) is 26.2 Å². The number of hydrogen-bond donors (Lipinski definition) is 0. The van der Waals surface area contributed by atoms with Crippen molar-refractivity contribution in [1.29, 1.82) is 0 Å². The van der Waals surface area contributed by atoms with Crippen LogP contribution in [0.25, 0.3) is 0 Å². The van der Waals surface area contributed by atoms with E-state index in [1.807, 2.05) is 13.1 Å². The molecule has 0 aromatic carbocycles. The molecule has 0 N–H and O–H groups in total. The van der Waals surface area contributed by atoms with E-state index in [0.717, 1.165) is 12.8 Å². The smallest absolute Gasteiger partial charge is 0.359 e. The van der Waals surface area contributed by atoms with E-state index in [1.54, 1.807) is 7.11 Å². The second-order valence-electron chi connectivity index (χ2n) is 4.44. The zero-order chi connectivity index (χ0) is 11.7. The molecule has 0 spiro atoms. The maximum Gasteiger partial charge on any atom is 0.359 e. The molecule has 15 heavy (non-hydrogen) atoms. The van der Waals surface area contributed by atoms with Crippen LogP contribution in [0.2, 0.25) is 13.1 Å². The van der Waals surface area contributed by atoms with Gasteiger partial charge in [0.1, 0.15) is 0 Å². The largest absolute Gasteiger partial charge is 0.540 e. The number of unbranched alkanes of at least 4 members (excludes halogenated alkanes) is 3. The second-order valence-corrected chi connectivity index (χ2v) is 8.65. The van der Waals surface area contributed by atoms with Gasteiger partial charge in [0.05, 0.1) is 0 Å². The standard InChI is InChI=1S/C10H23BO3Si/c1-5-6-7-8-9-10(12)14-11-15(3,4)13-2/h11H,5-9H2,1-4H3. The predicted octanol–water partition coefficient (Wildman–Crippen LogP) is 2.20. The molecule has 88 valence electrons. The van der Waals surface area contributed by atoms with Crippen LogP contribution < -0.4 is 0 Å². The molecule has 0 bridgehead atoms. The first-order valence-electron chi connectivity index (χ1n) is 5.72. The number of carbonyl (C=O) groups excluding carboxylic acids is 1. The highest BCUT2D eigenvalue weighted by molar-refractivity contribution is 7.18. The Morgan fingerprint density at radius 2 is 1.93 bits per heavy atom. The van der Waals surface area contributed by atoms with Crippen LogP contribution in [0.15, 0.2) is 0 Å². The zero-order valence-corrected chi connectivity index (χ0v) is 11.5. The fraction of sp³-hybridized carbons (Fsp3) is 0.900. The topological polar surface area (TPSA) is 35.5 Å². The predicted molar refractivity (Wildman–Crippen MR) is 66.5 cm³/mol. The van der Waals surface area contributed by atoms with Gasteiger partial charge < -0.3 is 9.08 Å². The highest BCUT2D eigenvalue weighted by atomic mass is 28.3. The summed E-state index contributed by atoms with van der Waals surface area (Å²) in [6.07, 6.45) is 5.01. The summed E-state index contributed by atoms with van der Waals surface area (Å²) in [5, 5.41) is 0. The van der Waals surface area contributed by atoms with E-state index in [9.17, 15) is 4.79 Å². The van der Waals surface area contributed by atoms with Crippen molar-refractivity contribution in [2.45, 2.75) is 52.1 Å². The lowest BCUT2D eigenvalue weighted by Gasteiger charge is -2.17. The molecule has 3 nitrogen and oxygen atoms in total. The molecule has 0 radical (unpaired) electrons. The maximum absolute atomic E-state index is 11.3. The summed E-state index contributed by atoms with van der Waals surface area (Å²) in [6.45, 7) is 6.24. The van der Waals surface area contributed by atoms with Crippen LogP contribution in [0.3, 0.4) is 0 Å². The molecule has 5 heteroatoms. The van der Waals surface area contributed by atoms with Crippen molar-refractivity contribution in [1.82, 2.24) is 0 Å². The highest BCUT2D eigenvalue weighted by Gasteiger charge is 2.26.